The molecule has 0 aromatic carbocycles. The largest absolute Gasteiger partial charge is 0.315 e. The Bertz CT molecular complexity index is 83.1. The van der Waals surface area contributed by atoms with Gasteiger partial charge in [0.1, 0.15) is 0 Å². The molecule has 0 saturated carbocycles. The van der Waals surface area contributed by atoms with Crippen LogP contribution in [0.5, 0.6) is 0 Å². The highest BCUT2D eigenvalue weighted by Gasteiger charge is 2.09. The molecule has 0 heterocycles. The number of likely N-dealkylation sites (N-methyl/N-ethyl adjacent to an activating group) is 1. The second-order valence-corrected chi connectivity index (χ2v) is 2.45. The van der Waals surface area contributed by atoms with Gasteiger partial charge in [-0.3, -0.25) is 0 Å². The molecule has 0 amide bonds. The molecule has 54 valence electrons. The monoisotopic (exact) mass is 130 g/mol. The van der Waals surface area contributed by atoms with E-state index in [0.29, 0.717) is 12.5 Å². The first-order valence-corrected chi connectivity index (χ1v) is 3.18. The Morgan fingerprint density at radius 1 is 1.56 bits per heavy atom. The van der Waals surface area contributed by atoms with E-state index < -0.39 is 0 Å². The molecule has 1 atom stereocenters. The first-order chi connectivity index (χ1) is 4.22. The van der Waals surface area contributed by atoms with Gasteiger partial charge in [-0.15, -0.1) is 0 Å². The van der Waals surface area contributed by atoms with E-state index in [1.165, 1.54) is 0 Å². The van der Waals surface area contributed by atoms with Crippen LogP contribution >= 0.6 is 0 Å². The zero-order chi connectivity index (χ0) is 7.28. The molecule has 0 spiro atoms. The maximum absolute atomic E-state index is 9.79. The summed E-state index contributed by atoms with van der Waals surface area (Å²) >= 11 is 0. The zero-order valence-electron chi connectivity index (χ0n) is 6.22. The Balaban J connectivity index is 3.53. The van der Waals surface area contributed by atoms with Crippen LogP contribution in [0.1, 0.15) is 13.8 Å². The fourth-order valence-corrected chi connectivity index (χ4v) is 0.716. The Hall–Kier alpha value is -0.440. The lowest BCUT2D eigenvalue weighted by atomic mass is 10.1. The predicted octanol–water partition coefficient (Wildman–Crippen LogP) is 0.997. The molecule has 1 N–H and O–H groups in total. The van der Waals surface area contributed by atoms with E-state index in [1.807, 2.05) is 7.05 Å². The van der Waals surface area contributed by atoms with Crippen molar-refractivity contribution in [3.8, 4) is 0 Å². The second kappa shape index (κ2) is 4.44. The molecule has 0 fully saturated rings. The fourth-order valence-electron chi connectivity index (χ4n) is 0.716. The molecular weight excluding hydrogens is 116 g/mol. The lowest BCUT2D eigenvalue weighted by Gasteiger charge is -2.15. The third kappa shape index (κ3) is 3.19. The zero-order valence-corrected chi connectivity index (χ0v) is 6.22. The molecule has 0 aromatic heterocycles. The first-order valence-electron chi connectivity index (χ1n) is 3.18. The van der Waals surface area contributed by atoms with Gasteiger partial charge in [0.15, 0.2) is 0 Å². The molecule has 3 heteroatoms. The quantitative estimate of drug-likeness (QED) is 0.577. The van der Waals surface area contributed by atoms with Gasteiger partial charge in [0.2, 0.25) is 0 Å². The number of nitroso groups, excluding NO2 is 1. The number of nitrogens with zero attached hydrogens (tertiary/aromatic N) is 1. The first kappa shape index (κ1) is 8.56. The molecule has 0 aliphatic rings. The minimum absolute atomic E-state index is 0.238. The Kier molecular flexibility index (Phi) is 4.22. The average Bonchev–Trinajstić information content (AvgIpc) is 1.82. The molecule has 0 bridgehead atoms. The van der Waals surface area contributed by atoms with Crippen molar-refractivity contribution in [1.29, 1.82) is 0 Å². The SMILES string of the molecule is CNC(CN=O)C(C)C. The van der Waals surface area contributed by atoms with Gasteiger partial charge in [0.05, 0.1) is 6.54 Å². The van der Waals surface area contributed by atoms with Gasteiger partial charge in [-0.2, -0.15) is 4.91 Å². The van der Waals surface area contributed by atoms with Crippen LogP contribution in [0.3, 0.4) is 0 Å². The summed E-state index contributed by atoms with van der Waals surface area (Å²) < 4.78 is 0. The van der Waals surface area contributed by atoms with E-state index in [2.05, 4.69) is 24.3 Å². The van der Waals surface area contributed by atoms with Gasteiger partial charge in [0.25, 0.3) is 0 Å². The third-order valence-electron chi connectivity index (χ3n) is 1.45. The van der Waals surface area contributed by atoms with Crippen LogP contribution in [0.15, 0.2) is 5.18 Å². The van der Waals surface area contributed by atoms with E-state index in [-0.39, 0.29) is 6.04 Å². The molecule has 0 aliphatic carbocycles. The van der Waals surface area contributed by atoms with Crippen molar-refractivity contribution in [2.45, 2.75) is 19.9 Å². The van der Waals surface area contributed by atoms with Gasteiger partial charge in [-0.1, -0.05) is 19.0 Å². The Morgan fingerprint density at radius 3 is 2.22 bits per heavy atom. The summed E-state index contributed by atoms with van der Waals surface area (Å²) in [6.45, 7) is 4.49. The normalized spacial score (nSPS) is 13.8. The van der Waals surface area contributed by atoms with Gasteiger partial charge >= 0.3 is 0 Å². The lowest BCUT2D eigenvalue weighted by molar-refractivity contribution is 0.435. The molecule has 0 rings (SSSR count). The smallest absolute Gasteiger partial charge is 0.0966 e. The average molecular weight is 130 g/mol. The van der Waals surface area contributed by atoms with Crippen LogP contribution in [0.2, 0.25) is 0 Å². The summed E-state index contributed by atoms with van der Waals surface area (Å²) in [5, 5.41) is 5.82. The van der Waals surface area contributed by atoms with Crippen LogP contribution < -0.4 is 5.32 Å². The van der Waals surface area contributed by atoms with Crippen LogP contribution in [-0.2, 0) is 0 Å². The van der Waals surface area contributed by atoms with Crippen molar-refractivity contribution < 1.29 is 0 Å². The van der Waals surface area contributed by atoms with Gasteiger partial charge < -0.3 is 5.32 Å². The fraction of sp³-hybridized carbons (Fsp3) is 1.00. The summed E-state index contributed by atoms with van der Waals surface area (Å²) in [6.07, 6.45) is 0. The van der Waals surface area contributed by atoms with E-state index in [1.54, 1.807) is 0 Å². The topological polar surface area (TPSA) is 41.5 Å². The number of hydrogen-bond acceptors (Lipinski definition) is 3. The Labute approximate surface area is 55.8 Å². The highest BCUT2D eigenvalue weighted by atomic mass is 16.3. The summed E-state index contributed by atoms with van der Waals surface area (Å²) in [6, 6.07) is 0.238. The molecule has 0 aliphatic heterocycles. The Morgan fingerprint density at radius 2 is 2.11 bits per heavy atom. The van der Waals surface area contributed by atoms with E-state index in [9.17, 15) is 4.91 Å². The predicted molar refractivity (Wildman–Crippen MR) is 38.3 cm³/mol. The van der Waals surface area contributed by atoms with Gasteiger partial charge in [-0.05, 0) is 13.0 Å². The van der Waals surface area contributed by atoms with Crippen molar-refractivity contribution in [3.05, 3.63) is 4.91 Å². The van der Waals surface area contributed by atoms with Crippen LogP contribution in [0.4, 0.5) is 0 Å². The van der Waals surface area contributed by atoms with Crippen molar-refractivity contribution in [2.24, 2.45) is 11.1 Å². The van der Waals surface area contributed by atoms with Crippen molar-refractivity contribution >= 4 is 0 Å². The number of nitrogens with one attached hydrogen (secondary N) is 1. The maximum Gasteiger partial charge on any atom is 0.0966 e. The minimum Gasteiger partial charge on any atom is -0.315 e. The van der Waals surface area contributed by atoms with Crippen LogP contribution in [0, 0.1) is 10.8 Å². The molecule has 0 radical (unpaired) electrons. The molecule has 0 saturated heterocycles. The third-order valence-corrected chi connectivity index (χ3v) is 1.45. The van der Waals surface area contributed by atoms with Crippen LogP contribution in [-0.4, -0.2) is 19.6 Å². The maximum atomic E-state index is 9.79. The van der Waals surface area contributed by atoms with Gasteiger partial charge in [-0.25, -0.2) is 0 Å². The summed E-state index contributed by atoms with van der Waals surface area (Å²) in [7, 11) is 1.84. The van der Waals surface area contributed by atoms with E-state index in [0.717, 1.165) is 0 Å². The standard InChI is InChI=1S/C6H14N2O/c1-5(2)6(7-3)4-8-9/h5-7H,4H2,1-3H3. The van der Waals surface area contributed by atoms with Crippen LogP contribution in [0.25, 0.3) is 0 Å². The molecule has 1 unspecified atom stereocenters. The van der Waals surface area contributed by atoms with E-state index in [4.69, 9.17) is 0 Å². The number of rotatable bonds is 4. The van der Waals surface area contributed by atoms with Crippen molar-refractivity contribution in [3.63, 3.8) is 0 Å². The summed E-state index contributed by atoms with van der Waals surface area (Å²) in [4.78, 5) is 9.79. The molecule has 0 aromatic rings. The number of hydrogen-bond donors (Lipinski definition) is 1. The molecule has 3 nitrogen and oxygen atoms in total. The van der Waals surface area contributed by atoms with Gasteiger partial charge in [0, 0.05) is 6.04 Å². The van der Waals surface area contributed by atoms with Crippen molar-refractivity contribution in [2.75, 3.05) is 13.6 Å². The highest BCUT2D eigenvalue weighted by Crippen LogP contribution is 1.99. The summed E-state index contributed by atoms with van der Waals surface area (Å²) in [5.74, 6) is 0.479. The second-order valence-electron chi connectivity index (χ2n) is 2.45. The lowest BCUT2D eigenvalue weighted by Crippen LogP contribution is -2.33. The minimum atomic E-state index is 0.238. The highest BCUT2D eigenvalue weighted by molar-refractivity contribution is 4.69. The summed E-state index contributed by atoms with van der Waals surface area (Å²) in [5.41, 5.74) is 0. The molecular formula is C6H14N2O. The molecule has 9 heavy (non-hydrogen) atoms. The van der Waals surface area contributed by atoms with Crippen molar-refractivity contribution in [1.82, 2.24) is 5.32 Å². The van der Waals surface area contributed by atoms with E-state index >= 15 is 0 Å².